The van der Waals surface area contributed by atoms with Gasteiger partial charge in [0.2, 0.25) is 5.91 Å². The van der Waals surface area contributed by atoms with E-state index in [-0.39, 0.29) is 17.4 Å². The number of aromatic nitrogens is 1. The van der Waals surface area contributed by atoms with Gasteiger partial charge >= 0.3 is 0 Å². The zero-order valence-corrected chi connectivity index (χ0v) is 12.6. The normalized spacial score (nSPS) is 21.2. The van der Waals surface area contributed by atoms with E-state index in [1.165, 1.54) is 11.4 Å². The minimum atomic E-state index is -0.447. The number of nitrogens with zero attached hydrogens (tertiary/aromatic N) is 2. The zero-order chi connectivity index (χ0) is 14.4. The van der Waals surface area contributed by atoms with E-state index in [0.717, 1.165) is 13.1 Å². The first-order valence-corrected chi connectivity index (χ1v) is 6.95. The van der Waals surface area contributed by atoms with Crippen molar-refractivity contribution in [2.45, 2.75) is 53.2 Å². The minimum absolute atomic E-state index is 0.0603. The molecule has 2 atom stereocenters. The average molecular weight is 263 g/mol. The lowest BCUT2D eigenvalue weighted by atomic mass is 9.86. The van der Waals surface area contributed by atoms with Gasteiger partial charge in [-0.2, -0.15) is 0 Å². The van der Waals surface area contributed by atoms with Crippen LogP contribution in [-0.2, 0) is 11.3 Å². The second kappa shape index (κ2) is 4.67. The molecule has 4 heteroatoms. The lowest BCUT2D eigenvalue weighted by Gasteiger charge is -2.39. The highest BCUT2D eigenvalue weighted by molar-refractivity contribution is 5.83. The third-order valence-electron chi connectivity index (χ3n) is 4.17. The van der Waals surface area contributed by atoms with Crippen molar-refractivity contribution in [2.75, 3.05) is 6.54 Å². The predicted octanol–water partition coefficient (Wildman–Crippen LogP) is 2.07. The van der Waals surface area contributed by atoms with Crippen LogP contribution in [0.2, 0.25) is 0 Å². The third kappa shape index (κ3) is 2.41. The van der Waals surface area contributed by atoms with E-state index in [9.17, 15) is 4.79 Å². The Morgan fingerprint density at radius 2 is 2.00 bits per heavy atom. The van der Waals surface area contributed by atoms with Crippen molar-refractivity contribution in [1.29, 1.82) is 0 Å². The number of amides is 1. The van der Waals surface area contributed by atoms with Gasteiger partial charge in [0, 0.05) is 24.5 Å². The molecule has 0 fully saturated rings. The molecule has 0 aromatic carbocycles. The molecule has 4 nitrogen and oxygen atoms in total. The lowest BCUT2D eigenvalue weighted by Crippen LogP contribution is -2.53. The Hall–Kier alpha value is -1.29. The summed E-state index contributed by atoms with van der Waals surface area (Å²) < 4.78 is 2.29. The van der Waals surface area contributed by atoms with Gasteiger partial charge in [0.05, 0.1) is 12.1 Å². The second-order valence-electron chi connectivity index (χ2n) is 6.60. The topological polar surface area (TPSA) is 51.3 Å². The monoisotopic (exact) mass is 263 g/mol. The third-order valence-corrected chi connectivity index (χ3v) is 4.17. The Kier molecular flexibility index (Phi) is 3.47. The molecule has 2 rings (SSSR count). The van der Waals surface area contributed by atoms with Crippen molar-refractivity contribution in [3.05, 3.63) is 23.5 Å². The van der Waals surface area contributed by atoms with Gasteiger partial charge in [-0.05, 0) is 31.4 Å². The summed E-state index contributed by atoms with van der Waals surface area (Å²) in [6.07, 6.45) is 0. The highest BCUT2D eigenvalue weighted by Crippen LogP contribution is 2.29. The summed E-state index contributed by atoms with van der Waals surface area (Å²) in [6, 6.07) is 3.88. The molecule has 1 amide bonds. The first-order valence-electron chi connectivity index (χ1n) is 6.95. The van der Waals surface area contributed by atoms with E-state index < -0.39 is 6.04 Å². The van der Waals surface area contributed by atoms with Gasteiger partial charge in [0.25, 0.3) is 0 Å². The largest absolute Gasteiger partial charge is 0.345 e. The van der Waals surface area contributed by atoms with Gasteiger partial charge in [-0.1, -0.05) is 20.8 Å². The van der Waals surface area contributed by atoms with Crippen LogP contribution in [0, 0.1) is 12.3 Å². The summed E-state index contributed by atoms with van der Waals surface area (Å²) in [7, 11) is 0. The van der Waals surface area contributed by atoms with Crippen molar-refractivity contribution in [3.8, 4) is 0 Å². The molecule has 2 heterocycles. The van der Waals surface area contributed by atoms with Gasteiger partial charge in [-0.15, -0.1) is 0 Å². The van der Waals surface area contributed by atoms with Crippen molar-refractivity contribution < 1.29 is 4.79 Å². The van der Waals surface area contributed by atoms with Crippen molar-refractivity contribution in [1.82, 2.24) is 9.47 Å². The van der Waals surface area contributed by atoms with Gasteiger partial charge in [-0.25, -0.2) is 0 Å². The zero-order valence-electron chi connectivity index (χ0n) is 12.6. The van der Waals surface area contributed by atoms with Crippen LogP contribution >= 0.6 is 0 Å². The molecule has 1 aromatic heterocycles. The molecule has 1 unspecified atom stereocenters. The molecule has 19 heavy (non-hydrogen) atoms. The van der Waals surface area contributed by atoms with Crippen molar-refractivity contribution >= 4 is 5.91 Å². The minimum Gasteiger partial charge on any atom is -0.345 e. The van der Waals surface area contributed by atoms with Crippen LogP contribution in [0.1, 0.15) is 45.1 Å². The Labute approximate surface area is 115 Å². The number of fused-ring (bicyclic) bond motifs is 1. The van der Waals surface area contributed by atoms with Crippen molar-refractivity contribution in [2.24, 2.45) is 11.1 Å². The summed E-state index contributed by atoms with van der Waals surface area (Å²) in [5.41, 5.74) is 8.38. The van der Waals surface area contributed by atoms with E-state index in [4.69, 9.17) is 5.73 Å². The fourth-order valence-electron chi connectivity index (χ4n) is 2.67. The number of hydrogen-bond donors (Lipinski definition) is 1. The Morgan fingerprint density at radius 3 is 2.58 bits per heavy atom. The highest BCUT2D eigenvalue weighted by Gasteiger charge is 2.35. The predicted molar refractivity (Wildman–Crippen MR) is 76.7 cm³/mol. The molecule has 0 aliphatic carbocycles. The van der Waals surface area contributed by atoms with Crippen molar-refractivity contribution in [3.63, 3.8) is 0 Å². The fourth-order valence-corrected chi connectivity index (χ4v) is 2.67. The molecule has 1 aliphatic heterocycles. The molecule has 0 bridgehead atoms. The van der Waals surface area contributed by atoms with Crippen LogP contribution < -0.4 is 5.73 Å². The van der Waals surface area contributed by atoms with Gasteiger partial charge < -0.3 is 15.2 Å². The summed E-state index contributed by atoms with van der Waals surface area (Å²) in [5, 5.41) is 0. The molecule has 2 N–H and O–H groups in total. The van der Waals surface area contributed by atoms with Gasteiger partial charge in [-0.3, -0.25) is 4.79 Å². The number of aryl methyl sites for hydroxylation is 1. The van der Waals surface area contributed by atoms with E-state index in [1.807, 2.05) is 25.7 Å². The number of hydrogen-bond acceptors (Lipinski definition) is 2. The molecule has 1 aromatic rings. The molecular weight excluding hydrogens is 238 g/mol. The smallest absolute Gasteiger partial charge is 0.240 e. The van der Waals surface area contributed by atoms with Crippen LogP contribution in [-0.4, -0.2) is 28.0 Å². The maximum absolute atomic E-state index is 12.6. The first kappa shape index (κ1) is 14.1. The van der Waals surface area contributed by atoms with Crippen LogP contribution in [0.3, 0.4) is 0 Å². The van der Waals surface area contributed by atoms with Crippen LogP contribution in [0.25, 0.3) is 0 Å². The first-order chi connectivity index (χ1) is 8.73. The number of carbonyl (C=O) groups excluding carboxylic acids is 1. The summed E-state index contributed by atoms with van der Waals surface area (Å²) in [5.74, 6) is 0.0603. The Morgan fingerprint density at radius 1 is 1.37 bits per heavy atom. The molecule has 0 spiro atoms. The number of nitrogens with two attached hydrogens (primary N) is 1. The summed E-state index contributed by atoms with van der Waals surface area (Å²) in [6.45, 7) is 11.8. The molecule has 0 saturated carbocycles. The lowest BCUT2D eigenvalue weighted by molar-refractivity contribution is -0.138. The summed E-state index contributed by atoms with van der Waals surface area (Å²) >= 11 is 0. The Bertz CT molecular complexity index is 484. The molecule has 1 aliphatic rings. The van der Waals surface area contributed by atoms with Crippen LogP contribution in [0.15, 0.2) is 12.1 Å². The summed E-state index contributed by atoms with van der Waals surface area (Å²) in [4.78, 5) is 14.5. The highest BCUT2D eigenvalue weighted by atomic mass is 16.2. The van der Waals surface area contributed by atoms with E-state index in [1.54, 1.807) is 0 Å². The standard InChI is InChI=1S/C15H25N3O/c1-10-6-7-12-11(2)18(9-8-17(10)12)14(19)13(16)15(3,4)5/h6-7,11,13H,8-9,16H2,1-5H3/t11?,13-/m0/s1. The van der Waals surface area contributed by atoms with E-state index >= 15 is 0 Å². The average Bonchev–Trinajstić information content (AvgIpc) is 2.70. The maximum Gasteiger partial charge on any atom is 0.240 e. The molecule has 0 radical (unpaired) electrons. The Balaban J connectivity index is 2.23. The molecular formula is C15H25N3O. The maximum atomic E-state index is 12.6. The quantitative estimate of drug-likeness (QED) is 0.843. The molecule has 106 valence electrons. The number of rotatable bonds is 1. The van der Waals surface area contributed by atoms with Crippen LogP contribution in [0.5, 0.6) is 0 Å². The SMILES string of the molecule is Cc1ccc2n1CCN(C(=O)[C@H](N)C(C)(C)C)C2C. The second-order valence-corrected chi connectivity index (χ2v) is 6.60. The number of carbonyl (C=O) groups is 1. The van der Waals surface area contributed by atoms with Gasteiger partial charge in [0.15, 0.2) is 0 Å². The van der Waals surface area contributed by atoms with E-state index in [2.05, 4.69) is 30.5 Å². The molecule has 0 saturated heterocycles. The fraction of sp³-hybridized carbons (Fsp3) is 0.667. The van der Waals surface area contributed by atoms with Gasteiger partial charge in [0.1, 0.15) is 0 Å². The van der Waals surface area contributed by atoms with E-state index in [0.29, 0.717) is 0 Å². The van der Waals surface area contributed by atoms with Crippen LogP contribution in [0.4, 0.5) is 0 Å².